The Morgan fingerprint density at radius 1 is 1.10 bits per heavy atom. The molecule has 1 aromatic carbocycles. The van der Waals surface area contributed by atoms with Gasteiger partial charge in [-0.25, -0.2) is 0 Å². The molecule has 1 saturated heterocycles. The van der Waals surface area contributed by atoms with Crippen LogP contribution in [-0.4, -0.2) is 51.2 Å². The molecule has 0 spiro atoms. The van der Waals surface area contributed by atoms with Crippen LogP contribution in [0.1, 0.15) is 50.2 Å². The average Bonchev–Trinajstić information content (AvgIpc) is 3.37. The highest BCUT2D eigenvalue weighted by Gasteiger charge is 2.27. The summed E-state index contributed by atoms with van der Waals surface area (Å²) in [6, 6.07) is 8.28. The standard InChI is InChI=1S/C21H28N6O2S/c1-14-8-6-7-9-16(14)27-19(26-10-12-28-13-11-26)23-24-20(27)30-15(2)17-22-18(25-29-17)21(3,4)5/h6-9,15H,10-13H2,1-5H3. The van der Waals surface area contributed by atoms with Gasteiger partial charge in [0.1, 0.15) is 0 Å². The van der Waals surface area contributed by atoms with Gasteiger partial charge < -0.3 is 14.2 Å². The zero-order chi connectivity index (χ0) is 21.3. The maximum absolute atomic E-state index is 5.55. The van der Waals surface area contributed by atoms with Crippen molar-refractivity contribution in [3.63, 3.8) is 0 Å². The molecule has 3 aromatic rings. The van der Waals surface area contributed by atoms with Gasteiger partial charge in [-0.15, -0.1) is 10.2 Å². The lowest BCUT2D eigenvalue weighted by Crippen LogP contribution is -2.38. The summed E-state index contributed by atoms with van der Waals surface area (Å²) in [5.74, 6) is 2.14. The molecular weight excluding hydrogens is 400 g/mol. The minimum absolute atomic E-state index is 0.0573. The lowest BCUT2D eigenvalue weighted by atomic mass is 9.96. The van der Waals surface area contributed by atoms with Crippen LogP contribution in [0, 0.1) is 6.92 Å². The summed E-state index contributed by atoms with van der Waals surface area (Å²) in [7, 11) is 0. The van der Waals surface area contributed by atoms with E-state index in [0.29, 0.717) is 24.9 Å². The molecule has 3 heterocycles. The lowest BCUT2D eigenvalue weighted by Gasteiger charge is -2.28. The van der Waals surface area contributed by atoms with E-state index in [4.69, 9.17) is 9.26 Å². The van der Waals surface area contributed by atoms with Crippen molar-refractivity contribution < 1.29 is 9.26 Å². The van der Waals surface area contributed by atoms with Crippen molar-refractivity contribution in [2.45, 2.75) is 50.4 Å². The largest absolute Gasteiger partial charge is 0.378 e. The topological polar surface area (TPSA) is 82.1 Å². The number of benzene rings is 1. The van der Waals surface area contributed by atoms with Crippen molar-refractivity contribution in [1.82, 2.24) is 24.9 Å². The monoisotopic (exact) mass is 428 g/mol. The van der Waals surface area contributed by atoms with E-state index in [0.717, 1.165) is 35.4 Å². The van der Waals surface area contributed by atoms with Crippen LogP contribution in [0.15, 0.2) is 33.9 Å². The van der Waals surface area contributed by atoms with E-state index in [-0.39, 0.29) is 10.7 Å². The van der Waals surface area contributed by atoms with E-state index in [2.05, 4.69) is 76.6 Å². The number of thioether (sulfide) groups is 1. The number of hydrogen-bond acceptors (Lipinski definition) is 8. The van der Waals surface area contributed by atoms with Crippen molar-refractivity contribution in [1.29, 1.82) is 0 Å². The number of para-hydroxylation sites is 1. The number of anilines is 1. The first-order chi connectivity index (χ1) is 14.3. The van der Waals surface area contributed by atoms with Crippen LogP contribution < -0.4 is 4.90 Å². The fraction of sp³-hybridized carbons (Fsp3) is 0.524. The van der Waals surface area contributed by atoms with E-state index < -0.39 is 0 Å². The molecule has 2 aromatic heterocycles. The number of hydrogen-bond donors (Lipinski definition) is 0. The Bertz CT molecular complexity index is 1000. The summed E-state index contributed by atoms with van der Waals surface area (Å²) in [6.07, 6.45) is 0. The zero-order valence-corrected chi connectivity index (χ0v) is 18.9. The van der Waals surface area contributed by atoms with Crippen molar-refractivity contribution in [2.24, 2.45) is 0 Å². The van der Waals surface area contributed by atoms with Gasteiger partial charge in [-0.05, 0) is 25.5 Å². The molecule has 30 heavy (non-hydrogen) atoms. The van der Waals surface area contributed by atoms with Gasteiger partial charge in [-0.1, -0.05) is 55.9 Å². The summed E-state index contributed by atoms with van der Waals surface area (Å²) >= 11 is 1.57. The predicted octanol–water partition coefficient (Wildman–Crippen LogP) is 3.95. The molecular formula is C21H28N6O2S. The number of morpholine rings is 1. The molecule has 4 rings (SSSR count). The summed E-state index contributed by atoms with van der Waals surface area (Å²) in [5, 5.41) is 14.0. The number of rotatable bonds is 5. The molecule has 1 atom stereocenters. The highest BCUT2D eigenvalue weighted by atomic mass is 32.2. The Morgan fingerprint density at radius 2 is 1.83 bits per heavy atom. The van der Waals surface area contributed by atoms with Gasteiger partial charge in [0.2, 0.25) is 11.8 Å². The van der Waals surface area contributed by atoms with Gasteiger partial charge in [-0.3, -0.25) is 4.57 Å². The molecule has 0 radical (unpaired) electrons. The molecule has 0 N–H and O–H groups in total. The summed E-state index contributed by atoms with van der Waals surface area (Å²) in [5.41, 5.74) is 2.07. The van der Waals surface area contributed by atoms with E-state index in [1.807, 2.05) is 12.1 Å². The number of aromatic nitrogens is 5. The van der Waals surface area contributed by atoms with Crippen molar-refractivity contribution in [3.8, 4) is 5.69 Å². The second-order valence-corrected chi connectivity index (χ2v) is 9.78. The lowest BCUT2D eigenvalue weighted by molar-refractivity contribution is 0.122. The summed E-state index contributed by atoms with van der Waals surface area (Å²) in [6.45, 7) is 13.3. The first kappa shape index (κ1) is 20.9. The Kier molecular flexibility index (Phi) is 5.84. The highest BCUT2D eigenvalue weighted by Crippen LogP contribution is 2.37. The molecule has 1 aliphatic rings. The van der Waals surface area contributed by atoms with Gasteiger partial charge in [-0.2, -0.15) is 4.98 Å². The Balaban J connectivity index is 1.68. The van der Waals surface area contributed by atoms with Gasteiger partial charge in [0.15, 0.2) is 11.0 Å². The average molecular weight is 429 g/mol. The van der Waals surface area contributed by atoms with E-state index in [1.54, 1.807) is 11.8 Å². The highest BCUT2D eigenvalue weighted by molar-refractivity contribution is 7.99. The molecule has 0 amide bonds. The Morgan fingerprint density at radius 3 is 2.50 bits per heavy atom. The first-order valence-electron chi connectivity index (χ1n) is 10.2. The number of ether oxygens (including phenoxy) is 1. The summed E-state index contributed by atoms with van der Waals surface area (Å²) in [4.78, 5) is 6.84. The van der Waals surface area contributed by atoms with Gasteiger partial charge in [0.05, 0.1) is 24.2 Å². The molecule has 0 saturated carbocycles. The fourth-order valence-corrected chi connectivity index (χ4v) is 4.13. The molecule has 1 aliphatic heterocycles. The third kappa shape index (κ3) is 4.22. The smallest absolute Gasteiger partial charge is 0.239 e. The fourth-order valence-electron chi connectivity index (χ4n) is 3.25. The van der Waals surface area contributed by atoms with Crippen LogP contribution >= 0.6 is 11.8 Å². The first-order valence-corrected chi connectivity index (χ1v) is 11.1. The van der Waals surface area contributed by atoms with Gasteiger partial charge >= 0.3 is 0 Å². The van der Waals surface area contributed by atoms with Crippen LogP contribution in [0.5, 0.6) is 0 Å². The minimum atomic E-state index is -0.156. The molecule has 160 valence electrons. The Labute approximate surface area is 181 Å². The predicted molar refractivity (Wildman–Crippen MR) is 116 cm³/mol. The molecule has 8 nitrogen and oxygen atoms in total. The SMILES string of the molecule is Cc1ccccc1-n1c(SC(C)c2nc(C(C)(C)C)no2)nnc1N1CCOCC1. The normalized spacial score (nSPS) is 16.1. The van der Waals surface area contributed by atoms with E-state index in [9.17, 15) is 0 Å². The van der Waals surface area contributed by atoms with Crippen LogP contribution in [0.25, 0.3) is 5.69 Å². The summed E-state index contributed by atoms with van der Waals surface area (Å²) < 4.78 is 13.2. The van der Waals surface area contributed by atoms with Gasteiger partial charge in [0, 0.05) is 18.5 Å². The van der Waals surface area contributed by atoms with E-state index in [1.165, 1.54) is 0 Å². The van der Waals surface area contributed by atoms with Crippen LogP contribution in [-0.2, 0) is 10.2 Å². The Hall–Kier alpha value is -2.39. The molecule has 0 aliphatic carbocycles. The number of nitrogens with zero attached hydrogens (tertiary/aromatic N) is 6. The van der Waals surface area contributed by atoms with Crippen molar-refractivity contribution in [3.05, 3.63) is 41.5 Å². The quantitative estimate of drug-likeness (QED) is 0.565. The molecule has 1 fully saturated rings. The maximum Gasteiger partial charge on any atom is 0.239 e. The van der Waals surface area contributed by atoms with Crippen molar-refractivity contribution >= 4 is 17.7 Å². The number of aryl methyl sites for hydroxylation is 1. The third-order valence-corrected chi connectivity index (χ3v) is 6.04. The van der Waals surface area contributed by atoms with Crippen LogP contribution in [0.4, 0.5) is 5.95 Å². The van der Waals surface area contributed by atoms with Crippen molar-refractivity contribution in [2.75, 3.05) is 31.2 Å². The van der Waals surface area contributed by atoms with Crippen LogP contribution in [0.3, 0.4) is 0 Å². The molecule has 0 bridgehead atoms. The van der Waals surface area contributed by atoms with Crippen LogP contribution in [0.2, 0.25) is 0 Å². The second-order valence-electron chi connectivity index (χ2n) is 8.47. The minimum Gasteiger partial charge on any atom is -0.378 e. The van der Waals surface area contributed by atoms with Gasteiger partial charge in [0.25, 0.3) is 0 Å². The maximum atomic E-state index is 5.55. The molecule has 1 unspecified atom stereocenters. The third-order valence-electron chi connectivity index (χ3n) is 5.01. The second kappa shape index (κ2) is 8.39. The zero-order valence-electron chi connectivity index (χ0n) is 18.1. The van der Waals surface area contributed by atoms with E-state index >= 15 is 0 Å². The molecule has 9 heteroatoms.